The predicted octanol–water partition coefficient (Wildman–Crippen LogP) is 3.92. The molecule has 0 aromatic heterocycles. The van der Waals surface area contributed by atoms with Gasteiger partial charge in [0.05, 0.1) is 18.2 Å². The van der Waals surface area contributed by atoms with E-state index in [0.717, 1.165) is 41.6 Å². The molecule has 1 saturated carbocycles. The van der Waals surface area contributed by atoms with Gasteiger partial charge in [-0.05, 0) is 50.8 Å². The summed E-state index contributed by atoms with van der Waals surface area (Å²) in [6.07, 6.45) is 3.17. The molecule has 128 valence electrons. The smallest absolute Gasteiger partial charge is 0.306 e. The first-order chi connectivity index (χ1) is 11.1. The molecule has 6 heteroatoms. The molecule has 1 aromatic carbocycles. The Kier molecular flexibility index (Phi) is 7.17. The van der Waals surface area contributed by atoms with E-state index in [1.54, 1.807) is 0 Å². The number of aliphatic carboxylic acids is 1. The molecule has 0 atom stereocenters. The molecule has 2 rings (SSSR count). The Bertz CT molecular complexity index is 515. The van der Waals surface area contributed by atoms with Crippen molar-refractivity contribution in [2.24, 2.45) is 5.92 Å². The summed E-state index contributed by atoms with van der Waals surface area (Å²) in [5.41, 5.74) is 0.939. The topological polar surface area (TPSA) is 67.8 Å². The molecule has 2 N–H and O–H groups in total. The van der Waals surface area contributed by atoms with Gasteiger partial charge in [0.1, 0.15) is 12.4 Å². The van der Waals surface area contributed by atoms with Crippen molar-refractivity contribution >= 4 is 27.6 Å². The Morgan fingerprint density at radius 3 is 2.70 bits per heavy atom. The Morgan fingerprint density at radius 1 is 1.30 bits per heavy atom. The third-order valence-electron chi connectivity index (χ3n) is 4.07. The normalized spacial score (nSPS) is 21.0. The Balaban J connectivity index is 1.93. The number of rotatable bonds is 8. The summed E-state index contributed by atoms with van der Waals surface area (Å²) in [6, 6.07) is 6.16. The van der Waals surface area contributed by atoms with Gasteiger partial charge in [-0.15, -0.1) is 0 Å². The zero-order valence-corrected chi connectivity index (χ0v) is 15.0. The molecular formula is C17H24BrNO4. The number of nitrogens with one attached hydrogen (secondary N) is 1. The summed E-state index contributed by atoms with van der Waals surface area (Å²) < 4.78 is 12.1. The van der Waals surface area contributed by atoms with Gasteiger partial charge in [0.2, 0.25) is 0 Å². The maximum atomic E-state index is 11.0. The number of halogens is 1. The lowest BCUT2D eigenvalue weighted by molar-refractivity contribution is -0.142. The van der Waals surface area contributed by atoms with Crippen LogP contribution in [-0.2, 0) is 9.53 Å². The van der Waals surface area contributed by atoms with E-state index in [0.29, 0.717) is 19.8 Å². The number of anilines is 1. The minimum Gasteiger partial charge on any atom is -0.489 e. The molecule has 1 aromatic rings. The molecule has 23 heavy (non-hydrogen) atoms. The fourth-order valence-electron chi connectivity index (χ4n) is 2.80. The zero-order valence-electron chi connectivity index (χ0n) is 13.4. The van der Waals surface area contributed by atoms with Crippen LogP contribution in [0.15, 0.2) is 22.7 Å². The fraction of sp³-hybridized carbons (Fsp3) is 0.588. The standard InChI is InChI=1S/C17H24BrNO4/c1-2-22-9-10-23-16-8-5-13(18)11-15(16)19-14-6-3-12(4-7-14)17(20)21/h5,8,11-12,14,19H,2-4,6-7,9-10H2,1H3,(H,20,21). The SMILES string of the molecule is CCOCCOc1ccc(Br)cc1NC1CCC(C(=O)O)CC1. The molecule has 0 unspecified atom stereocenters. The van der Waals surface area contributed by atoms with Crippen LogP contribution in [0.4, 0.5) is 5.69 Å². The zero-order chi connectivity index (χ0) is 16.7. The Morgan fingerprint density at radius 2 is 2.04 bits per heavy atom. The first kappa shape index (κ1) is 18.1. The number of carbonyl (C=O) groups is 1. The first-order valence-electron chi connectivity index (χ1n) is 8.09. The van der Waals surface area contributed by atoms with Crippen molar-refractivity contribution in [3.05, 3.63) is 22.7 Å². The van der Waals surface area contributed by atoms with Gasteiger partial charge in [-0.25, -0.2) is 0 Å². The lowest BCUT2D eigenvalue weighted by Gasteiger charge is -2.28. The molecule has 0 heterocycles. The average Bonchev–Trinajstić information content (AvgIpc) is 2.54. The average molecular weight is 386 g/mol. The van der Waals surface area contributed by atoms with Crippen molar-refractivity contribution in [2.45, 2.75) is 38.6 Å². The minimum absolute atomic E-state index is 0.197. The van der Waals surface area contributed by atoms with Crippen LogP contribution in [0.5, 0.6) is 5.75 Å². The molecule has 0 radical (unpaired) electrons. The molecule has 0 spiro atoms. The number of benzene rings is 1. The second-order valence-electron chi connectivity index (χ2n) is 5.72. The van der Waals surface area contributed by atoms with Crippen LogP contribution >= 0.6 is 15.9 Å². The fourth-order valence-corrected chi connectivity index (χ4v) is 3.16. The number of hydrogen-bond acceptors (Lipinski definition) is 4. The maximum Gasteiger partial charge on any atom is 0.306 e. The van der Waals surface area contributed by atoms with Gasteiger partial charge in [-0.3, -0.25) is 4.79 Å². The number of ether oxygens (including phenoxy) is 2. The summed E-state index contributed by atoms with van der Waals surface area (Å²) >= 11 is 3.48. The van der Waals surface area contributed by atoms with E-state index in [2.05, 4.69) is 21.2 Å². The van der Waals surface area contributed by atoms with Gasteiger partial charge >= 0.3 is 5.97 Å². The van der Waals surface area contributed by atoms with Crippen LogP contribution in [0.1, 0.15) is 32.6 Å². The van der Waals surface area contributed by atoms with E-state index in [-0.39, 0.29) is 12.0 Å². The highest BCUT2D eigenvalue weighted by Crippen LogP contribution is 2.32. The van der Waals surface area contributed by atoms with Gasteiger partial charge < -0.3 is 19.9 Å². The maximum absolute atomic E-state index is 11.0. The molecule has 5 nitrogen and oxygen atoms in total. The summed E-state index contributed by atoms with van der Waals surface area (Å²) in [5.74, 6) is -0.0726. The Hall–Kier alpha value is -1.27. The van der Waals surface area contributed by atoms with E-state index in [9.17, 15) is 4.79 Å². The van der Waals surface area contributed by atoms with E-state index in [4.69, 9.17) is 14.6 Å². The summed E-state index contributed by atoms with van der Waals surface area (Å²) in [4.78, 5) is 11.0. The molecule has 1 fully saturated rings. The highest BCUT2D eigenvalue weighted by molar-refractivity contribution is 9.10. The van der Waals surface area contributed by atoms with Gasteiger partial charge in [-0.2, -0.15) is 0 Å². The number of carboxylic acid groups (broad SMARTS) is 1. The highest BCUT2D eigenvalue weighted by Gasteiger charge is 2.26. The second kappa shape index (κ2) is 9.13. The Labute approximate surface area is 145 Å². The quantitative estimate of drug-likeness (QED) is 0.663. The largest absolute Gasteiger partial charge is 0.489 e. The summed E-state index contributed by atoms with van der Waals surface area (Å²) in [5, 5.41) is 12.6. The monoisotopic (exact) mass is 385 g/mol. The van der Waals surface area contributed by atoms with Crippen molar-refractivity contribution in [3.8, 4) is 5.75 Å². The van der Waals surface area contributed by atoms with E-state index < -0.39 is 5.97 Å². The van der Waals surface area contributed by atoms with Gasteiger partial charge in [0.15, 0.2) is 0 Å². The predicted molar refractivity (Wildman–Crippen MR) is 93.1 cm³/mol. The molecular weight excluding hydrogens is 362 g/mol. The molecule has 1 aliphatic carbocycles. The summed E-state index contributed by atoms with van der Waals surface area (Å²) in [6.45, 7) is 3.72. The van der Waals surface area contributed by atoms with E-state index in [1.165, 1.54) is 0 Å². The summed E-state index contributed by atoms with van der Waals surface area (Å²) in [7, 11) is 0. The van der Waals surface area contributed by atoms with Crippen LogP contribution in [0.25, 0.3) is 0 Å². The van der Waals surface area contributed by atoms with Crippen LogP contribution in [0.2, 0.25) is 0 Å². The number of carboxylic acids is 1. The van der Waals surface area contributed by atoms with Crippen molar-refractivity contribution in [1.82, 2.24) is 0 Å². The van der Waals surface area contributed by atoms with Gasteiger partial charge in [-0.1, -0.05) is 15.9 Å². The van der Waals surface area contributed by atoms with Crippen LogP contribution in [0, 0.1) is 5.92 Å². The molecule has 1 aliphatic rings. The second-order valence-corrected chi connectivity index (χ2v) is 6.63. The van der Waals surface area contributed by atoms with E-state index >= 15 is 0 Å². The third kappa shape index (κ3) is 5.70. The highest BCUT2D eigenvalue weighted by atomic mass is 79.9. The lowest BCUT2D eigenvalue weighted by Crippen LogP contribution is -2.29. The molecule has 0 bridgehead atoms. The minimum atomic E-state index is -0.675. The molecule has 0 aliphatic heterocycles. The van der Waals surface area contributed by atoms with Crippen molar-refractivity contribution in [2.75, 3.05) is 25.1 Å². The van der Waals surface area contributed by atoms with Crippen LogP contribution < -0.4 is 10.1 Å². The van der Waals surface area contributed by atoms with Crippen molar-refractivity contribution < 1.29 is 19.4 Å². The third-order valence-corrected chi connectivity index (χ3v) is 4.56. The number of hydrogen-bond donors (Lipinski definition) is 2. The van der Waals surface area contributed by atoms with Crippen molar-refractivity contribution in [3.63, 3.8) is 0 Å². The van der Waals surface area contributed by atoms with Crippen LogP contribution in [0.3, 0.4) is 0 Å². The molecule has 0 amide bonds. The van der Waals surface area contributed by atoms with Gasteiger partial charge in [0.25, 0.3) is 0 Å². The molecule has 0 saturated heterocycles. The van der Waals surface area contributed by atoms with Crippen LogP contribution in [-0.4, -0.2) is 36.9 Å². The van der Waals surface area contributed by atoms with Gasteiger partial charge in [0, 0.05) is 17.1 Å². The van der Waals surface area contributed by atoms with Crippen molar-refractivity contribution in [1.29, 1.82) is 0 Å². The van der Waals surface area contributed by atoms with E-state index in [1.807, 2.05) is 25.1 Å². The lowest BCUT2D eigenvalue weighted by atomic mass is 9.86. The first-order valence-corrected chi connectivity index (χ1v) is 8.89.